The Morgan fingerprint density at radius 3 is 3.00 bits per heavy atom. The Bertz CT molecular complexity index is 235. The molecule has 1 N–H and O–H groups in total. The quantitative estimate of drug-likeness (QED) is 0.573. The van der Waals surface area contributed by atoms with Gasteiger partial charge in [0.1, 0.15) is 12.0 Å². The maximum Gasteiger partial charge on any atom is 0.300 e. The molecule has 1 aromatic heterocycles. The first-order valence-corrected chi connectivity index (χ1v) is 2.32. The van der Waals surface area contributed by atoms with Crippen molar-refractivity contribution in [2.75, 3.05) is 0 Å². The number of aliphatic hydroxyl groups is 1. The van der Waals surface area contributed by atoms with Gasteiger partial charge in [0.15, 0.2) is 6.07 Å². The number of hydrogen-bond donors (Lipinski definition) is 1. The first-order valence-electron chi connectivity index (χ1n) is 2.32. The summed E-state index contributed by atoms with van der Waals surface area (Å²) in [6.45, 7) is -0.189. The molecule has 0 aliphatic carbocycles. The van der Waals surface area contributed by atoms with E-state index in [1.165, 1.54) is 6.26 Å². The number of aliphatic hydroxyl groups excluding tert-OH is 1. The highest BCUT2D eigenvalue weighted by Gasteiger charge is 1.98. The van der Waals surface area contributed by atoms with Gasteiger partial charge in [-0.2, -0.15) is 5.26 Å². The molecule has 0 atom stereocenters. The predicted molar refractivity (Wildman–Crippen MR) is 27.1 cm³/mol. The summed E-state index contributed by atoms with van der Waals surface area (Å²) in [5.41, 5.74) is 0.381. The molecule has 4 heteroatoms. The van der Waals surface area contributed by atoms with Gasteiger partial charge in [0.2, 0.25) is 0 Å². The second kappa shape index (κ2) is 2.29. The molecule has 0 aliphatic heterocycles. The highest BCUT2D eigenvalue weighted by molar-refractivity contribution is 5.07. The maximum absolute atomic E-state index is 8.41. The van der Waals surface area contributed by atoms with Crippen LogP contribution < -0.4 is 0 Å². The summed E-state index contributed by atoms with van der Waals surface area (Å²) < 4.78 is 4.57. The van der Waals surface area contributed by atoms with E-state index < -0.39 is 0 Å². The largest absolute Gasteiger partial charge is 0.437 e. The van der Waals surface area contributed by atoms with Crippen molar-refractivity contribution in [3.8, 4) is 6.07 Å². The lowest BCUT2D eigenvalue weighted by molar-refractivity contribution is 0.276. The van der Waals surface area contributed by atoms with Crippen molar-refractivity contribution in [2.45, 2.75) is 6.61 Å². The number of aromatic nitrogens is 1. The maximum atomic E-state index is 8.41. The van der Waals surface area contributed by atoms with Crippen molar-refractivity contribution in [1.82, 2.24) is 4.98 Å². The van der Waals surface area contributed by atoms with Gasteiger partial charge in [0.05, 0.1) is 6.61 Å². The van der Waals surface area contributed by atoms with E-state index >= 15 is 0 Å². The molecule has 0 bridgehead atoms. The van der Waals surface area contributed by atoms with Gasteiger partial charge in [0.25, 0.3) is 0 Å². The molecule has 46 valence electrons. The van der Waals surface area contributed by atoms with Crippen LogP contribution in [0.25, 0.3) is 0 Å². The summed E-state index contributed by atoms with van der Waals surface area (Å²) in [5.74, 6) is -0.0148. The zero-order valence-electron chi connectivity index (χ0n) is 4.53. The summed E-state index contributed by atoms with van der Waals surface area (Å²) in [4.78, 5) is 3.57. The standard InChI is InChI=1S/C5H4N2O2/c6-1-5-7-4(2-8)3-9-5/h3,8H,2H2. The van der Waals surface area contributed by atoms with Crippen molar-refractivity contribution >= 4 is 0 Å². The fraction of sp³-hybridized carbons (Fsp3) is 0.200. The van der Waals surface area contributed by atoms with Crippen LogP contribution in [0.4, 0.5) is 0 Å². The van der Waals surface area contributed by atoms with E-state index in [9.17, 15) is 0 Å². The predicted octanol–water partition coefficient (Wildman–Crippen LogP) is 0.0386. The van der Waals surface area contributed by atoms with Crippen LogP contribution in [0, 0.1) is 11.3 Å². The molecule has 0 saturated carbocycles. The number of nitrogens with zero attached hydrogens (tertiary/aromatic N) is 2. The molecular formula is C5H4N2O2. The summed E-state index contributed by atoms with van der Waals surface area (Å²) in [6.07, 6.45) is 1.25. The lowest BCUT2D eigenvalue weighted by atomic mass is 10.5. The molecule has 4 nitrogen and oxygen atoms in total. The number of hydrogen-bond acceptors (Lipinski definition) is 4. The van der Waals surface area contributed by atoms with Gasteiger partial charge in [-0.25, -0.2) is 4.98 Å². The van der Waals surface area contributed by atoms with E-state index in [1.54, 1.807) is 6.07 Å². The molecule has 0 aromatic carbocycles. The van der Waals surface area contributed by atoms with Crippen LogP contribution in [0.2, 0.25) is 0 Å². The van der Waals surface area contributed by atoms with E-state index in [2.05, 4.69) is 9.40 Å². The Hall–Kier alpha value is -1.34. The Kier molecular flexibility index (Phi) is 1.47. The monoisotopic (exact) mass is 124 g/mol. The van der Waals surface area contributed by atoms with Crippen molar-refractivity contribution in [3.63, 3.8) is 0 Å². The van der Waals surface area contributed by atoms with Crippen molar-refractivity contribution < 1.29 is 9.52 Å². The Labute approximate surface area is 51.4 Å². The van der Waals surface area contributed by atoms with Gasteiger partial charge in [0, 0.05) is 0 Å². The minimum Gasteiger partial charge on any atom is -0.437 e. The minimum atomic E-state index is -0.189. The average molecular weight is 124 g/mol. The van der Waals surface area contributed by atoms with Crippen LogP contribution in [0.3, 0.4) is 0 Å². The second-order valence-corrected chi connectivity index (χ2v) is 1.41. The third-order valence-corrected chi connectivity index (χ3v) is 0.809. The van der Waals surface area contributed by atoms with Gasteiger partial charge in [-0.15, -0.1) is 0 Å². The molecule has 1 aromatic rings. The zero-order chi connectivity index (χ0) is 6.69. The highest BCUT2D eigenvalue weighted by atomic mass is 16.3. The Balaban J connectivity index is 2.90. The smallest absolute Gasteiger partial charge is 0.300 e. The molecule has 0 spiro atoms. The molecule has 9 heavy (non-hydrogen) atoms. The summed E-state index contributed by atoms with van der Waals surface area (Å²) >= 11 is 0. The summed E-state index contributed by atoms with van der Waals surface area (Å²) in [5, 5.41) is 16.6. The molecule has 0 unspecified atom stereocenters. The van der Waals surface area contributed by atoms with Crippen LogP contribution in [0.15, 0.2) is 10.7 Å². The number of oxazole rings is 1. The minimum absolute atomic E-state index is 0.0148. The normalized spacial score (nSPS) is 8.89. The van der Waals surface area contributed by atoms with Crippen molar-refractivity contribution in [1.29, 1.82) is 5.26 Å². The van der Waals surface area contributed by atoms with E-state index in [0.717, 1.165) is 0 Å². The van der Waals surface area contributed by atoms with Gasteiger partial charge in [-0.1, -0.05) is 0 Å². The van der Waals surface area contributed by atoms with E-state index in [4.69, 9.17) is 10.4 Å². The molecule has 0 aliphatic rings. The zero-order valence-corrected chi connectivity index (χ0v) is 4.53. The molecule has 0 radical (unpaired) electrons. The van der Waals surface area contributed by atoms with Crippen LogP contribution in [-0.4, -0.2) is 10.1 Å². The third-order valence-electron chi connectivity index (χ3n) is 0.809. The van der Waals surface area contributed by atoms with Crippen LogP contribution in [0.5, 0.6) is 0 Å². The highest BCUT2D eigenvalue weighted by Crippen LogP contribution is 1.98. The van der Waals surface area contributed by atoms with Gasteiger partial charge in [-0.05, 0) is 0 Å². The molecule has 0 fully saturated rings. The number of rotatable bonds is 1. The van der Waals surface area contributed by atoms with E-state index in [0.29, 0.717) is 5.69 Å². The fourth-order valence-electron chi connectivity index (χ4n) is 0.431. The van der Waals surface area contributed by atoms with Gasteiger partial charge >= 0.3 is 5.89 Å². The van der Waals surface area contributed by atoms with Crippen LogP contribution in [-0.2, 0) is 6.61 Å². The summed E-state index contributed by atoms with van der Waals surface area (Å²) in [6, 6.07) is 1.69. The second-order valence-electron chi connectivity index (χ2n) is 1.41. The Morgan fingerprint density at radius 2 is 2.67 bits per heavy atom. The van der Waals surface area contributed by atoms with Gasteiger partial charge < -0.3 is 9.52 Å². The van der Waals surface area contributed by atoms with Crippen LogP contribution in [0.1, 0.15) is 11.6 Å². The van der Waals surface area contributed by atoms with E-state index in [1.807, 2.05) is 0 Å². The first-order chi connectivity index (χ1) is 4.36. The van der Waals surface area contributed by atoms with Crippen LogP contribution >= 0.6 is 0 Å². The molecule has 1 rings (SSSR count). The molecule has 0 amide bonds. The Morgan fingerprint density at radius 1 is 1.89 bits per heavy atom. The molecular weight excluding hydrogens is 120 g/mol. The third kappa shape index (κ3) is 1.06. The molecule has 1 heterocycles. The van der Waals surface area contributed by atoms with Crippen molar-refractivity contribution in [3.05, 3.63) is 17.8 Å². The average Bonchev–Trinajstić information content (AvgIpc) is 2.34. The first kappa shape index (κ1) is 5.79. The fourth-order valence-corrected chi connectivity index (χ4v) is 0.431. The van der Waals surface area contributed by atoms with Crippen molar-refractivity contribution in [2.24, 2.45) is 0 Å². The lowest BCUT2D eigenvalue weighted by Gasteiger charge is -1.76. The van der Waals surface area contributed by atoms with E-state index in [-0.39, 0.29) is 12.5 Å². The summed E-state index contributed by atoms with van der Waals surface area (Å²) in [7, 11) is 0. The van der Waals surface area contributed by atoms with Gasteiger partial charge in [-0.3, -0.25) is 0 Å². The number of nitriles is 1. The SMILES string of the molecule is N#Cc1nc(CO)co1. The molecule has 0 saturated heterocycles. The topological polar surface area (TPSA) is 70.0 Å². The lowest BCUT2D eigenvalue weighted by Crippen LogP contribution is -1.80.